The summed E-state index contributed by atoms with van der Waals surface area (Å²) in [5, 5.41) is 9.22. The minimum atomic E-state index is -3.58. The van der Waals surface area contributed by atoms with Gasteiger partial charge in [-0.3, -0.25) is 0 Å². The van der Waals surface area contributed by atoms with Crippen LogP contribution in [-0.2, 0) is 10.0 Å². The van der Waals surface area contributed by atoms with Gasteiger partial charge in [-0.25, -0.2) is 13.4 Å². The Bertz CT molecular complexity index is 1700. The molecule has 4 N–H and O–H groups in total. The molecule has 0 bridgehead atoms. The van der Waals surface area contributed by atoms with Gasteiger partial charge in [0.05, 0.1) is 11.2 Å². The number of fused-ring (bicyclic) bond motifs is 2. The van der Waals surface area contributed by atoms with Gasteiger partial charge in [-0.15, -0.1) is 24.8 Å². The van der Waals surface area contributed by atoms with E-state index in [1.165, 1.54) is 19.3 Å². The van der Waals surface area contributed by atoms with Crippen molar-refractivity contribution in [3.63, 3.8) is 0 Å². The molecule has 7 rings (SSSR count). The van der Waals surface area contributed by atoms with Gasteiger partial charge < -0.3 is 20.9 Å². The van der Waals surface area contributed by atoms with E-state index >= 15 is 0 Å². The van der Waals surface area contributed by atoms with Crippen LogP contribution in [0.4, 0.5) is 11.8 Å². The van der Waals surface area contributed by atoms with Gasteiger partial charge in [-0.05, 0) is 74.3 Å². The summed E-state index contributed by atoms with van der Waals surface area (Å²) in [6, 6.07) is 14.3. The lowest BCUT2D eigenvalue weighted by molar-refractivity contribution is 0.329. The second kappa shape index (κ2) is 14.4. The van der Waals surface area contributed by atoms with Gasteiger partial charge in [-0.2, -0.15) is 14.3 Å². The average molecular weight is 676 g/mol. The topological polar surface area (TPSA) is 131 Å². The third kappa shape index (κ3) is 7.17. The summed E-state index contributed by atoms with van der Waals surface area (Å²) in [5.41, 5.74) is 7.81. The van der Waals surface area contributed by atoms with Crippen LogP contribution in [0.15, 0.2) is 53.7 Å². The molecule has 2 aromatic heterocycles. The number of rotatable bonds is 7. The van der Waals surface area contributed by atoms with Gasteiger partial charge in [0.2, 0.25) is 16.0 Å². The van der Waals surface area contributed by atoms with E-state index in [1.54, 1.807) is 16.4 Å². The Labute approximate surface area is 277 Å². The number of nitrogens with two attached hydrogens (primary N) is 1. The molecule has 0 unspecified atom stereocenters. The Morgan fingerprint density at radius 1 is 0.778 bits per heavy atom. The zero-order chi connectivity index (χ0) is 29.4. The van der Waals surface area contributed by atoms with Crippen LogP contribution in [-0.4, -0.2) is 63.5 Å². The van der Waals surface area contributed by atoms with Crippen LogP contribution >= 0.6 is 24.8 Å². The lowest BCUT2D eigenvalue weighted by Gasteiger charge is -2.32. The molecule has 1 aliphatic heterocycles. The van der Waals surface area contributed by atoms with E-state index in [0.29, 0.717) is 48.9 Å². The van der Waals surface area contributed by atoms with Crippen molar-refractivity contribution in [3.05, 3.63) is 48.8 Å². The van der Waals surface area contributed by atoms with Crippen LogP contribution in [0.5, 0.6) is 0 Å². The number of nitrogens with zero attached hydrogens (tertiary/aromatic N) is 5. The molecule has 2 aliphatic carbocycles. The second-order valence-corrected chi connectivity index (χ2v) is 14.5. The lowest BCUT2D eigenvalue weighted by atomic mass is 9.92. The quantitative estimate of drug-likeness (QED) is 0.209. The Morgan fingerprint density at radius 3 is 2.20 bits per heavy atom. The first-order valence-corrected chi connectivity index (χ1v) is 17.4. The fourth-order valence-corrected chi connectivity index (χ4v) is 8.57. The van der Waals surface area contributed by atoms with Crippen LogP contribution in [0.1, 0.15) is 76.7 Å². The predicted octanol–water partition coefficient (Wildman–Crippen LogP) is 6.28. The van der Waals surface area contributed by atoms with E-state index in [2.05, 4.69) is 15.2 Å². The molecule has 2 aromatic carbocycles. The Kier molecular flexibility index (Phi) is 10.8. The third-order valence-corrected chi connectivity index (χ3v) is 11.5. The highest BCUT2D eigenvalue weighted by molar-refractivity contribution is 7.89. The number of nitrogens with one attached hydrogen (secondary N) is 2. The van der Waals surface area contributed by atoms with E-state index < -0.39 is 10.0 Å². The largest absolute Gasteiger partial charge is 0.365 e. The molecule has 0 atom stereocenters. The molecule has 244 valence electrons. The number of anilines is 2. The van der Waals surface area contributed by atoms with Crippen LogP contribution in [0.3, 0.4) is 0 Å². The summed E-state index contributed by atoms with van der Waals surface area (Å²) >= 11 is 0. The summed E-state index contributed by atoms with van der Waals surface area (Å²) < 4.78 is 30.9. The number of imidazole rings is 1. The van der Waals surface area contributed by atoms with Gasteiger partial charge in [0, 0.05) is 37.3 Å². The molecule has 3 heterocycles. The molecular formula is C32H44Cl2N8O2S. The van der Waals surface area contributed by atoms with Crippen molar-refractivity contribution in [2.45, 2.75) is 99.7 Å². The number of aromatic nitrogens is 4. The van der Waals surface area contributed by atoms with E-state index in [4.69, 9.17) is 20.7 Å². The number of hydrogen-bond donors (Lipinski definition) is 3. The van der Waals surface area contributed by atoms with E-state index in [9.17, 15) is 8.42 Å². The average Bonchev–Trinajstić information content (AvgIpc) is 3.47. The SMILES string of the molecule is Cl.Cl.NC1CCC(Nc2nc(NC3CCN(S(=O)(=O)c4ccc5ccccc5c4)CC3)c3ncn(C4CCCCC4)c3n2)CC1. The zero-order valence-corrected chi connectivity index (χ0v) is 27.9. The van der Waals surface area contributed by atoms with Crippen molar-refractivity contribution in [3.8, 4) is 0 Å². The highest BCUT2D eigenvalue weighted by atomic mass is 35.5. The monoisotopic (exact) mass is 674 g/mol. The van der Waals surface area contributed by atoms with Gasteiger partial charge >= 0.3 is 0 Å². The Balaban J connectivity index is 0.00000200. The molecule has 0 radical (unpaired) electrons. The highest BCUT2D eigenvalue weighted by Crippen LogP contribution is 2.33. The first kappa shape index (κ1) is 33.7. The maximum Gasteiger partial charge on any atom is 0.243 e. The number of hydrogen-bond acceptors (Lipinski definition) is 8. The fraction of sp³-hybridized carbons (Fsp3) is 0.531. The fourth-order valence-electron chi connectivity index (χ4n) is 7.07. The number of piperidine rings is 1. The molecule has 0 spiro atoms. The summed E-state index contributed by atoms with van der Waals surface area (Å²) in [7, 11) is -3.58. The summed E-state index contributed by atoms with van der Waals surface area (Å²) in [6.45, 7) is 0.899. The van der Waals surface area contributed by atoms with Crippen molar-refractivity contribution < 1.29 is 8.42 Å². The van der Waals surface area contributed by atoms with E-state index in [-0.39, 0.29) is 36.9 Å². The van der Waals surface area contributed by atoms with E-state index in [1.807, 2.05) is 36.7 Å². The molecule has 13 heteroatoms. The molecule has 3 aliphatic rings. The van der Waals surface area contributed by atoms with Gasteiger partial charge in [-0.1, -0.05) is 49.6 Å². The predicted molar refractivity (Wildman–Crippen MR) is 185 cm³/mol. The minimum absolute atomic E-state index is 0. The second-order valence-electron chi connectivity index (χ2n) is 12.6. The molecule has 1 saturated heterocycles. The normalized spacial score (nSPS) is 22.1. The lowest BCUT2D eigenvalue weighted by Crippen LogP contribution is -2.42. The maximum atomic E-state index is 13.5. The maximum absolute atomic E-state index is 13.5. The molecule has 0 amide bonds. The van der Waals surface area contributed by atoms with Crippen LogP contribution in [0.25, 0.3) is 21.9 Å². The third-order valence-electron chi connectivity index (χ3n) is 9.65. The number of sulfonamides is 1. The molecule has 45 heavy (non-hydrogen) atoms. The first-order valence-electron chi connectivity index (χ1n) is 16.0. The smallest absolute Gasteiger partial charge is 0.243 e. The molecule has 3 fully saturated rings. The Hall–Kier alpha value is -2.70. The van der Waals surface area contributed by atoms with Gasteiger partial charge in [0.1, 0.15) is 0 Å². The van der Waals surface area contributed by atoms with Gasteiger partial charge in [0.15, 0.2) is 17.0 Å². The minimum Gasteiger partial charge on any atom is -0.365 e. The summed E-state index contributed by atoms with van der Waals surface area (Å²) in [6.07, 6.45) is 13.4. The van der Waals surface area contributed by atoms with E-state index in [0.717, 1.165) is 66.3 Å². The van der Waals surface area contributed by atoms with Crippen molar-refractivity contribution in [2.24, 2.45) is 5.73 Å². The van der Waals surface area contributed by atoms with Crippen LogP contribution in [0, 0.1) is 0 Å². The van der Waals surface area contributed by atoms with Crippen molar-refractivity contribution in [2.75, 3.05) is 23.7 Å². The summed E-state index contributed by atoms with van der Waals surface area (Å²) in [5.74, 6) is 1.36. The molecular weight excluding hydrogens is 631 g/mol. The van der Waals surface area contributed by atoms with Crippen molar-refractivity contribution in [1.29, 1.82) is 0 Å². The molecule has 10 nitrogen and oxygen atoms in total. The van der Waals surface area contributed by atoms with Crippen LogP contribution in [0.2, 0.25) is 0 Å². The van der Waals surface area contributed by atoms with Crippen molar-refractivity contribution in [1.82, 2.24) is 23.8 Å². The molecule has 4 aromatic rings. The van der Waals surface area contributed by atoms with Gasteiger partial charge in [0.25, 0.3) is 0 Å². The summed E-state index contributed by atoms with van der Waals surface area (Å²) in [4.78, 5) is 15.1. The highest BCUT2D eigenvalue weighted by Gasteiger charge is 2.31. The van der Waals surface area contributed by atoms with Crippen LogP contribution < -0.4 is 16.4 Å². The Morgan fingerprint density at radius 2 is 1.47 bits per heavy atom. The van der Waals surface area contributed by atoms with Crippen molar-refractivity contribution >= 4 is 68.5 Å². The number of benzene rings is 2. The standard InChI is InChI=1S/C32H42N8O2S.2ClH/c33-24-11-13-25(14-12-24)36-32-37-30(29-31(38-32)40(21-34-29)27-8-2-1-3-9-27)35-26-16-18-39(19-17-26)43(41,42)28-15-10-22-6-4-5-7-23(22)20-28;;/h4-7,10,15,20-21,24-27H,1-3,8-9,11-14,16-19,33H2,(H2,35,36,37,38);2*1H. The number of halogens is 2. The first-order chi connectivity index (χ1) is 20.9. The molecule has 2 saturated carbocycles. The zero-order valence-electron chi connectivity index (χ0n) is 25.5.